The fourth-order valence-corrected chi connectivity index (χ4v) is 2.31. The molecule has 1 heterocycles. The Morgan fingerprint density at radius 2 is 2.00 bits per heavy atom. The molecular formula is C16H10F2N4O4. The summed E-state index contributed by atoms with van der Waals surface area (Å²) in [5, 5.41) is 12.9. The van der Waals surface area contributed by atoms with Crippen LogP contribution in [0.4, 0.5) is 20.2 Å². The Hall–Kier alpha value is -3.69. The van der Waals surface area contributed by atoms with E-state index < -0.39 is 34.6 Å². The summed E-state index contributed by atoms with van der Waals surface area (Å²) in [6.45, 7) is -0.527. The third kappa shape index (κ3) is 3.38. The number of benzene rings is 2. The number of hydrogen-bond acceptors (Lipinski definition) is 5. The minimum Gasteiger partial charge on any atom is -0.322 e. The number of carbonyl (C=O) groups excluding carboxylic acids is 1. The van der Waals surface area contributed by atoms with Gasteiger partial charge in [-0.3, -0.25) is 24.3 Å². The van der Waals surface area contributed by atoms with Crippen LogP contribution in [0, 0.1) is 21.7 Å². The monoisotopic (exact) mass is 360 g/mol. The standard InChI is InChI=1S/C16H10F2N4O4/c17-9-1-3-12(18)14(5-9)20-15(23)7-21-8-19-13-4-2-10(22(25)26)6-11(13)16(21)24/h1-6,8H,7H2,(H,20,23). The van der Waals surface area contributed by atoms with Crippen molar-refractivity contribution in [2.75, 3.05) is 5.32 Å². The highest BCUT2D eigenvalue weighted by molar-refractivity contribution is 5.91. The number of nitro groups is 1. The predicted molar refractivity (Wildman–Crippen MR) is 87.6 cm³/mol. The molecule has 1 amide bonds. The molecule has 1 N–H and O–H groups in total. The number of anilines is 1. The molecule has 3 aromatic rings. The van der Waals surface area contributed by atoms with E-state index >= 15 is 0 Å². The third-order valence-corrected chi connectivity index (χ3v) is 3.53. The number of aromatic nitrogens is 2. The van der Waals surface area contributed by atoms with Gasteiger partial charge in [0.1, 0.15) is 18.2 Å². The van der Waals surface area contributed by atoms with Gasteiger partial charge in [0.15, 0.2) is 0 Å². The van der Waals surface area contributed by atoms with Crippen LogP contribution in [0.25, 0.3) is 10.9 Å². The van der Waals surface area contributed by atoms with Crippen LogP contribution in [0.1, 0.15) is 0 Å². The summed E-state index contributed by atoms with van der Waals surface area (Å²) in [4.78, 5) is 38.5. The number of nitrogens with zero attached hydrogens (tertiary/aromatic N) is 3. The summed E-state index contributed by atoms with van der Waals surface area (Å²) in [6.07, 6.45) is 1.10. The second-order valence-electron chi connectivity index (χ2n) is 5.31. The largest absolute Gasteiger partial charge is 0.322 e. The maximum atomic E-state index is 13.6. The number of hydrogen-bond donors (Lipinski definition) is 1. The lowest BCUT2D eigenvalue weighted by atomic mass is 10.2. The molecule has 0 aliphatic heterocycles. The topological polar surface area (TPSA) is 107 Å². The third-order valence-electron chi connectivity index (χ3n) is 3.53. The first-order chi connectivity index (χ1) is 12.3. The molecule has 2 aromatic carbocycles. The van der Waals surface area contributed by atoms with Crippen molar-refractivity contribution in [2.45, 2.75) is 6.54 Å². The van der Waals surface area contributed by atoms with Gasteiger partial charge in [0.2, 0.25) is 5.91 Å². The van der Waals surface area contributed by atoms with Crippen LogP contribution in [0.5, 0.6) is 0 Å². The number of non-ortho nitro benzene ring substituents is 1. The second-order valence-corrected chi connectivity index (χ2v) is 5.31. The summed E-state index contributed by atoms with van der Waals surface area (Å²) in [5.41, 5.74) is -1.10. The van der Waals surface area contributed by atoms with E-state index in [1.165, 1.54) is 12.1 Å². The molecule has 0 aliphatic carbocycles. The average molecular weight is 360 g/mol. The maximum Gasteiger partial charge on any atom is 0.270 e. The van der Waals surface area contributed by atoms with E-state index in [1.807, 2.05) is 0 Å². The van der Waals surface area contributed by atoms with Gasteiger partial charge in [-0.1, -0.05) is 0 Å². The molecule has 3 rings (SSSR count). The first-order valence-electron chi connectivity index (χ1n) is 7.23. The highest BCUT2D eigenvalue weighted by Crippen LogP contribution is 2.17. The quantitative estimate of drug-likeness (QED) is 0.567. The van der Waals surface area contributed by atoms with Crippen LogP contribution in [-0.2, 0) is 11.3 Å². The summed E-state index contributed by atoms with van der Waals surface area (Å²) in [5.74, 6) is -2.36. The Kier molecular flexibility index (Phi) is 4.40. The SMILES string of the molecule is O=C(Cn1cnc2ccc([N+](=O)[O-])cc2c1=O)Nc1cc(F)ccc1F. The highest BCUT2D eigenvalue weighted by Gasteiger charge is 2.13. The number of nitrogens with one attached hydrogen (secondary N) is 1. The number of amides is 1. The molecule has 0 fully saturated rings. The minimum absolute atomic E-state index is 0.0357. The molecule has 0 saturated heterocycles. The van der Waals surface area contributed by atoms with E-state index in [0.717, 1.165) is 35.2 Å². The zero-order valence-corrected chi connectivity index (χ0v) is 13.0. The molecule has 8 nitrogen and oxygen atoms in total. The number of fused-ring (bicyclic) bond motifs is 1. The van der Waals surface area contributed by atoms with Crippen LogP contribution in [-0.4, -0.2) is 20.4 Å². The number of nitro benzene ring substituents is 1. The predicted octanol–water partition coefficient (Wildman–Crippen LogP) is 2.22. The van der Waals surface area contributed by atoms with Crippen LogP contribution in [0.3, 0.4) is 0 Å². The summed E-state index contributed by atoms with van der Waals surface area (Å²) in [7, 11) is 0. The lowest BCUT2D eigenvalue weighted by Gasteiger charge is -2.09. The first kappa shape index (κ1) is 17.1. The Bertz CT molecular complexity index is 1100. The molecule has 0 unspecified atom stereocenters. The van der Waals surface area contributed by atoms with Gasteiger partial charge in [0.25, 0.3) is 11.2 Å². The Labute approximate surface area is 143 Å². The fourth-order valence-electron chi connectivity index (χ4n) is 2.31. The lowest BCUT2D eigenvalue weighted by Crippen LogP contribution is -2.28. The number of halogens is 2. The van der Waals surface area contributed by atoms with E-state index in [-0.39, 0.29) is 22.3 Å². The number of carbonyl (C=O) groups is 1. The van der Waals surface area contributed by atoms with E-state index in [1.54, 1.807) is 0 Å². The van der Waals surface area contributed by atoms with Gasteiger partial charge in [-0.2, -0.15) is 0 Å². The molecule has 0 radical (unpaired) electrons. The summed E-state index contributed by atoms with van der Waals surface area (Å²) < 4.78 is 27.6. The zero-order valence-electron chi connectivity index (χ0n) is 13.0. The molecule has 0 saturated carbocycles. The van der Waals surface area contributed by atoms with Gasteiger partial charge >= 0.3 is 0 Å². The summed E-state index contributed by atoms with van der Waals surface area (Å²) in [6, 6.07) is 6.15. The van der Waals surface area contributed by atoms with Crippen LogP contribution >= 0.6 is 0 Å². The molecule has 0 aliphatic rings. The maximum absolute atomic E-state index is 13.6. The van der Waals surface area contributed by atoms with Crippen molar-refractivity contribution in [3.8, 4) is 0 Å². The highest BCUT2D eigenvalue weighted by atomic mass is 19.1. The fraction of sp³-hybridized carbons (Fsp3) is 0.0625. The van der Waals surface area contributed by atoms with E-state index in [2.05, 4.69) is 10.3 Å². The molecule has 0 bridgehead atoms. The van der Waals surface area contributed by atoms with Gasteiger partial charge < -0.3 is 5.32 Å². The van der Waals surface area contributed by atoms with Gasteiger partial charge in [-0.15, -0.1) is 0 Å². The van der Waals surface area contributed by atoms with E-state index in [9.17, 15) is 28.5 Å². The van der Waals surface area contributed by atoms with Gasteiger partial charge in [0.05, 0.1) is 27.8 Å². The van der Waals surface area contributed by atoms with Crippen LogP contribution in [0.2, 0.25) is 0 Å². The van der Waals surface area contributed by atoms with Gasteiger partial charge in [-0.25, -0.2) is 13.8 Å². The Morgan fingerprint density at radius 3 is 2.73 bits per heavy atom. The van der Waals surface area contributed by atoms with Crippen molar-refractivity contribution in [1.82, 2.24) is 9.55 Å². The van der Waals surface area contributed by atoms with Crippen LogP contribution < -0.4 is 10.9 Å². The minimum atomic E-state index is -0.834. The molecule has 0 atom stereocenters. The van der Waals surface area contributed by atoms with Crippen molar-refractivity contribution >= 4 is 28.2 Å². The van der Waals surface area contributed by atoms with Crippen LogP contribution in [0.15, 0.2) is 47.5 Å². The normalized spacial score (nSPS) is 10.7. The molecule has 132 valence electrons. The Balaban J connectivity index is 1.89. The smallest absolute Gasteiger partial charge is 0.270 e. The van der Waals surface area contributed by atoms with E-state index in [4.69, 9.17) is 0 Å². The van der Waals surface area contributed by atoms with Crippen molar-refractivity contribution in [3.63, 3.8) is 0 Å². The Morgan fingerprint density at radius 1 is 1.23 bits per heavy atom. The van der Waals surface area contributed by atoms with Crippen molar-refractivity contribution in [1.29, 1.82) is 0 Å². The second kappa shape index (κ2) is 6.67. The van der Waals surface area contributed by atoms with E-state index in [0.29, 0.717) is 0 Å². The summed E-state index contributed by atoms with van der Waals surface area (Å²) >= 11 is 0. The van der Waals surface area contributed by atoms with Crippen molar-refractivity contribution < 1.29 is 18.5 Å². The zero-order chi connectivity index (χ0) is 18.8. The molecule has 1 aromatic heterocycles. The molecular weight excluding hydrogens is 350 g/mol. The number of rotatable bonds is 4. The lowest BCUT2D eigenvalue weighted by molar-refractivity contribution is -0.384. The molecule has 26 heavy (non-hydrogen) atoms. The average Bonchev–Trinajstić information content (AvgIpc) is 2.60. The van der Waals surface area contributed by atoms with Gasteiger partial charge in [0, 0.05) is 18.2 Å². The molecule has 0 spiro atoms. The first-order valence-corrected chi connectivity index (χ1v) is 7.23. The molecule has 10 heteroatoms. The van der Waals surface area contributed by atoms with Crippen molar-refractivity contribution in [3.05, 3.63) is 74.8 Å². The van der Waals surface area contributed by atoms with Gasteiger partial charge in [-0.05, 0) is 18.2 Å². The van der Waals surface area contributed by atoms with Crippen molar-refractivity contribution in [2.24, 2.45) is 0 Å².